The lowest BCUT2D eigenvalue weighted by molar-refractivity contribution is -0.143. The zero-order chi connectivity index (χ0) is 30.2. The number of amides is 3. The van der Waals surface area contributed by atoms with Crippen molar-refractivity contribution < 1.29 is 23.4 Å². The molecular formula is C31H35Cl2N3O5S. The highest BCUT2D eigenvalue weighted by molar-refractivity contribution is 7.85. The minimum atomic E-state index is -1.59. The lowest BCUT2D eigenvalue weighted by Gasteiger charge is -2.30. The summed E-state index contributed by atoms with van der Waals surface area (Å²) >= 11 is 12.4. The Kier molecular flexibility index (Phi) is 9.11. The van der Waals surface area contributed by atoms with Crippen LogP contribution >= 0.6 is 23.2 Å². The van der Waals surface area contributed by atoms with Gasteiger partial charge in [0.2, 0.25) is 17.6 Å². The van der Waals surface area contributed by atoms with Gasteiger partial charge in [0.1, 0.15) is 6.04 Å². The Bertz CT molecular complexity index is 1410. The van der Waals surface area contributed by atoms with E-state index in [0.717, 1.165) is 18.4 Å². The third kappa shape index (κ3) is 6.58. The fourth-order valence-corrected chi connectivity index (χ4v) is 7.60. The topological polar surface area (TPSA) is 113 Å². The van der Waals surface area contributed by atoms with Gasteiger partial charge in [-0.25, -0.2) is 0 Å². The van der Waals surface area contributed by atoms with Crippen molar-refractivity contribution in [3.8, 4) is 0 Å². The average Bonchev–Trinajstić information content (AvgIpc) is 3.89. The number of hydrogen-bond acceptors (Lipinski definition) is 5. The number of hydrogen-bond donors (Lipinski definition) is 2. The Labute approximate surface area is 258 Å². The maximum Gasteiger partial charge on any atom is 0.289 e. The number of carbonyl (C=O) groups excluding carboxylic acids is 4. The number of benzene rings is 2. The van der Waals surface area contributed by atoms with Gasteiger partial charge in [0.15, 0.2) is 0 Å². The summed E-state index contributed by atoms with van der Waals surface area (Å²) in [5.41, 5.74) is 0.0256. The summed E-state index contributed by atoms with van der Waals surface area (Å²) in [4.78, 5) is 55.7. The average molecular weight is 633 g/mol. The van der Waals surface area contributed by atoms with Gasteiger partial charge in [-0.1, -0.05) is 61.3 Å². The van der Waals surface area contributed by atoms with E-state index >= 15 is 0 Å². The molecule has 3 aliphatic rings. The van der Waals surface area contributed by atoms with E-state index in [1.807, 2.05) is 26.0 Å². The Hall–Kier alpha value is -2.75. The number of rotatable bonds is 11. The lowest BCUT2D eigenvalue weighted by atomic mass is 9.94. The first kappa shape index (κ1) is 30.7. The molecule has 11 heteroatoms. The molecule has 3 amide bonds. The summed E-state index contributed by atoms with van der Waals surface area (Å²) in [5.74, 6) is -2.14. The third-order valence-corrected chi connectivity index (χ3v) is 10.6. The Morgan fingerprint density at radius 3 is 2.29 bits per heavy atom. The van der Waals surface area contributed by atoms with Crippen molar-refractivity contribution in [2.24, 2.45) is 5.92 Å². The van der Waals surface area contributed by atoms with Gasteiger partial charge in [-0.05, 0) is 74.3 Å². The zero-order valence-corrected chi connectivity index (χ0v) is 25.9. The van der Waals surface area contributed by atoms with Crippen molar-refractivity contribution in [2.75, 3.05) is 6.54 Å². The van der Waals surface area contributed by atoms with E-state index < -0.39 is 51.1 Å². The standard InChI is InChI=1S/C31H35Cl2N3O5S/c1-18(2)15-24(27(37)29(39)34-21-11-12-21)35-28(38)25-16-22(42(41)26-6-4-3-5-23(26)33)17-36(25)30(40)31(13-14-31)19-7-9-20(32)10-8-19/h3-10,18,21-22,24-25H,11-17H2,1-2H3,(H,34,39)(H,35,38)/t22-,24+,25+,42?/m1/s1. The monoisotopic (exact) mass is 631 g/mol. The number of nitrogens with zero attached hydrogens (tertiary/aromatic N) is 1. The SMILES string of the molecule is CC(C)C[C@H](NC(=O)[C@@H]1C[C@@H](S(=O)c2ccccc2Cl)CN1C(=O)C1(c2ccc(Cl)cc2)CC1)C(=O)C(=O)NC1CC1. The second-order valence-corrected chi connectivity index (χ2v) is 14.5. The molecule has 42 heavy (non-hydrogen) atoms. The van der Waals surface area contributed by atoms with Crippen LogP contribution in [0.5, 0.6) is 0 Å². The summed E-state index contributed by atoms with van der Waals surface area (Å²) in [5, 5.41) is 5.86. The molecule has 2 saturated carbocycles. The minimum absolute atomic E-state index is 0.00273. The van der Waals surface area contributed by atoms with E-state index in [2.05, 4.69) is 10.6 Å². The van der Waals surface area contributed by atoms with Crippen molar-refractivity contribution in [2.45, 2.75) is 86.1 Å². The molecule has 2 aliphatic carbocycles. The molecule has 224 valence electrons. The molecule has 5 rings (SSSR count). The van der Waals surface area contributed by atoms with Gasteiger partial charge >= 0.3 is 0 Å². The van der Waals surface area contributed by atoms with Gasteiger partial charge < -0.3 is 15.5 Å². The molecule has 4 atom stereocenters. The molecule has 2 N–H and O–H groups in total. The molecule has 2 aromatic rings. The van der Waals surface area contributed by atoms with Crippen LogP contribution in [0.15, 0.2) is 53.4 Å². The molecule has 2 aromatic carbocycles. The third-order valence-electron chi connectivity index (χ3n) is 8.22. The van der Waals surface area contributed by atoms with Gasteiger partial charge in [-0.2, -0.15) is 0 Å². The van der Waals surface area contributed by atoms with Gasteiger partial charge in [0, 0.05) is 17.6 Å². The van der Waals surface area contributed by atoms with E-state index in [1.54, 1.807) is 36.4 Å². The second kappa shape index (κ2) is 12.5. The summed E-state index contributed by atoms with van der Waals surface area (Å²) in [6.45, 7) is 3.90. The number of nitrogens with one attached hydrogen (secondary N) is 2. The Morgan fingerprint density at radius 2 is 1.69 bits per heavy atom. The van der Waals surface area contributed by atoms with E-state index in [1.165, 1.54) is 4.90 Å². The molecule has 0 aromatic heterocycles. The maximum absolute atomic E-state index is 14.2. The zero-order valence-electron chi connectivity index (χ0n) is 23.6. The van der Waals surface area contributed by atoms with Crippen LogP contribution in [0.1, 0.15) is 57.9 Å². The predicted molar refractivity (Wildman–Crippen MR) is 162 cm³/mol. The normalized spacial score (nSPS) is 22.4. The molecular weight excluding hydrogens is 597 g/mol. The number of likely N-dealkylation sites (tertiary alicyclic amines) is 1. The van der Waals surface area contributed by atoms with Crippen LogP contribution in [0, 0.1) is 5.92 Å². The molecule has 1 heterocycles. The summed E-state index contributed by atoms with van der Waals surface area (Å²) in [6.07, 6.45) is 3.30. The van der Waals surface area contributed by atoms with Crippen LogP contribution in [0.3, 0.4) is 0 Å². The van der Waals surface area contributed by atoms with Crippen LogP contribution in [-0.4, -0.2) is 62.5 Å². The van der Waals surface area contributed by atoms with Crippen LogP contribution in [0.4, 0.5) is 0 Å². The molecule has 0 bridgehead atoms. The van der Waals surface area contributed by atoms with Crippen molar-refractivity contribution in [1.82, 2.24) is 15.5 Å². The summed E-state index contributed by atoms with van der Waals surface area (Å²) < 4.78 is 13.7. The smallest absolute Gasteiger partial charge is 0.289 e. The van der Waals surface area contributed by atoms with Crippen molar-refractivity contribution in [3.05, 3.63) is 64.1 Å². The summed E-state index contributed by atoms with van der Waals surface area (Å²) in [6, 6.07) is 12.0. The fraction of sp³-hybridized carbons (Fsp3) is 0.484. The van der Waals surface area contributed by atoms with Gasteiger partial charge in [-0.15, -0.1) is 0 Å². The van der Waals surface area contributed by atoms with Gasteiger partial charge in [0.25, 0.3) is 5.91 Å². The number of carbonyl (C=O) groups is 4. The van der Waals surface area contributed by atoms with E-state index in [9.17, 15) is 23.4 Å². The van der Waals surface area contributed by atoms with Crippen LogP contribution in [-0.2, 0) is 35.4 Å². The first-order valence-electron chi connectivity index (χ1n) is 14.4. The van der Waals surface area contributed by atoms with Crippen molar-refractivity contribution in [1.29, 1.82) is 0 Å². The van der Waals surface area contributed by atoms with Crippen LogP contribution in [0.25, 0.3) is 0 Å². The van der Waals surface area contributed by atoms with E-state index in [4.69, 9.17) is 23.2 Å². The second-order valence-electron chi connectivity index (χ2n) is 12.0. The number of ketones is 1. The largest absolute Gasteiger partial charge is 0.347 e. The molecule has 0 spiro atoms. The minimum Gasteiger partial charge on any atom is -0.347 e. The predicted octanol–water partition coefficient (Wildman–Crippen LogP) is 4.18. The van der Waals surface area contributed by atoms with Crippen LogP contribution in [0.2, 0.25) is 10.0 Å². The molecule has 0 radical (unpaired) electrons. The first-order chi connectivity index (χ1) is 20.0. The Morgan fingerprint density at radius 1 is 1.02 bits per heavy atom. The highest BCUT2D eigenvalue weighted by atomic mass is 35.5. The maximum atomic E-state index is 14.2. The quantitative estimate of drug-likeness (QED) is 0.361. The number of Topliss-reactive ketones (excluding diaryl/α,β-unsaturated/α-hetero) is 1. The highest BCUT2D eigenvalue weighted by Crippen LogP contribution is 2.51. The van der Waals surface area contributed by atoms with Crippen molar-refractivity contribution in [3.63, 3.8) is 0 Å². The van der Waals surface area contributed by atoms with Gasteiger partial charge in [0.05, 0.1) is 37.4 Å². The Balaban J connectivity index is 1.41. The molecule has 3 fully saturated rings. The summed E-state index contributed by atoms with van der Waals surface area (Å²) in [7, 11) is -1.59. The van der Waals surface area contributed by atoms with Crippen molar-refractivity contribution >= 4 is 57.5 Å². The van der Waals surface area contributed by atoms with Crippen LogP contribution < -0.4 is 10.6 Å². The highest BCUT2D eigenvalue weighted by Gasteiger charge is 2.56. The fourth-order valence-electron chi connectivity index (χ4n) is 5.62. The van der Waals surface area contributed by atoms with E-state index in [0.29, 0.717) is 27.8 Å². The van der Waals surface area contributed by atoms with E-state index in [-0.39, 0.29) is 37.3 Å². The molecule has 1 aliphatic heterocycles. The molecule has 1 saturated heterocycles. The molecule has 1 unspecified atom stereocenters. The first-order valence-corrected chi connectivity index (χ1v) is 16.3. The molecule has 8 nitrogen and oxygen atoms in total. The number of halogens is 2. The lowest BCUT2D eigenvalue weighted by Crippen LogP contribution is -2.54. The van der Waals surface area contributed by atoms with Gasteiger partial charge in [-0.3, -0.25) is 23.4 Å².